The highest BCUT2D eigenvalue weighted by Gasteiger charge is 2.17. The fourth-order valence-electron chi connectivity index (χ4n) is 2.24. The normalized spacial score (nSPS) is 10.2. The Balaban J connectivity index is 2.20. The molecule has 1 heterocycles. The number of pyridine rings is 1. The van der Waals surface area contributed by atoms with Crippen molar-refractivity contribution in [3.05, 3.63) is 59.4 Å². The average molecular weight is 283 g/mol. The SMILES string of the molecule is CCN(Cc1ccccn1)C(=O)c1ccc(NC)cc1C. The maximum atomic E-state index is 12.7. The van der Waals surface area contributed by atoms with E-state index in [-0.39, 0.29) is 5.91 Å². The molecule has 0 aliphatic heterocycles. The fraction of sp³-hybridized carbons (Fsp3) is 0.294. The molecule has 2 rings (SSSR count). The smallest absolute Gasteiger partial charge is 0.254 e. The summed E-state index contributed by atoms with van der Waals surface area (Å²) >= 11 is 0. The van der Waals surface area contributed by atoms with Crippen molar-refractivity contribution in [2.75, 3.05) is 18.9 Å². The Hall–Kier alpha value is -2.36. The van der Waals surface area contributed by atoms with Crippen LogP contribution in [-0.2, 0) is 6.54 Å². The number of nitrogens with zero attached hydrogens (tertiary/aromatic N) is 2. The van der Waals surface area contributed by atoms with Gasteiger partial charge in [0.2, 0.25) is 0 Å². The van der Waals surface area contributed by atoms with E-state index in [0.29, 0.717) is 13.1 Å². The average Bonchev–Trinajstić information content (AvgIpc) is 2.52. The zero-order valence-corrected chi connectivity index (χ0v) is 12.8. The van der Waals surface area contributed by atoms with E-state index >= 15 is 0 Å². The van der Waals surface area contributed by atoms with E-state index in [0.717, 1.165) is 22.5 Å². The number of carbonyl (C=O) groups is 1. The first-order valence-corrected chi connectivity index (χ1v) is 7.13. The lowest BCUT2D eigenvalue weighted by molar-refractivity contribution is 0.0750. The highest BCUT2D eigenvalue weighted by atomic mass is 16.2. The first kappa shape index (κ1) is 15.0. The number of amides is 1. The van der Waals surface area contributed by atoms with Crippen LogP contribution in [0.4, 0.5) is 5.69 Å². The lowest BCUT2D eigenvalue weighted by atomic mass is 10.1. The van der Waals surface area contributed by atoms with Crippen LogP contribution in [0.15, 0.2) is 42.6 Å². The van der Waals surface area contributed by atoms with Gasteiger partial charge >= 0.3 is 0 Å². The second kappa shape index (κ2) is 6.88. The summed E-state index contributed by atoms with van der Waals surface area (Å²) in [5, 5.41) is 3.08. The number of rotatable bonds is 5. The number of hydrogen-bond donors (Lipinski definition) is 1. The van der Waals surface area contributed by atoms with Crippen molar-refractivity contribution in [3.8, 4) is 0 Å². The standard InChI is InChI=1S/C17H21N3O/c1-4-20(12-15-7-5-6-10-19-15)17(21)16-9-8-14(18-3)11-13(16)2/h5-11,18H,4,12H2,1-3H3. The van der Waals surface area contributed by atoms with Crippen LogP contribution in [0.5, 0.6) is 0 Å². The van der Waals surface area contributed by atoms with Crippen molar-refractivity contribution in [1.82, 2.24) is 9.88 Å². The monoisotopic (exact) mass is 283 g/mol. The molecule has 1 N–H and O–H groups in total. The van der Waals surface area contributed by atoms with Gasteiger partial charge in [-0.3, -0.25) is 9.78 Å². The molecule has 4 nitrogen and oxygen atoms in total. The number of carbonyl (C=O) groups excluding carboxylic acids is 1. The summed E-state index contributed by atoms with van der Waals surface area (Å²) in [7, 11) is 1.87. The third-order valence-corrected chi connectivity index (χ3v) is 3.49. The molecular formula is C17H21N3O. The van der Waals surface area contributed by atoms with Crippen LogP contribution < -0.4 is 5.32 Å². The zero-order chi connectivity index (χ0) is 15.2. The van der Waals surface area contributed by atoms with Crippen LogP contribution in [0.3, 0.4) is 0 Å². The Kier molecular flexibility index (Phi) is 4.93. The summed E-state index contributed by atoms with van der Waals surface area (Å²) in [6.45, 7) is 5.13. The molecule has 0 aliphatic rings. The first-order chi connectivity index (χ1) is 10.2. The van der Waals surface area contributed by atoms with Gasteiger partial charge in [-0.2, -0.15) is 0 Å². The van der Waals surface area contributed by atoms with Crippen molar-refractivity contribution >= 4 is 11.6 Å². The molecule has 1 aromatic carbocycles. The molecule has 0 saturated carbocycles. The predicted octanol–water partition coefficient (Wildman–Crippen LogP) is 3.09. The topological polar surface area (TPSA) is 45.2 Å². The van der Waals surface area contributed by atoms with Gasteiger partial charge in [0, 0.05) is 31.0 Å². The zero-order valence-electron chi connectivity index (χ0n) is 12.8. The van der Waals surface area contributed by atoms with Crippen molar-refractivity contribution < 1.29 is 4.79 Å². The molecule has 1 aromatic heterocycles. The maximum absolute atomic E-state index is 12.7. The number of nitrogens with one attached hydrogen (secondary N) is 1. The number of benzene rings is 1. The highest BCUT2D eigenvalue weighted by Crippen LogP contribution is 2.17. The second-order valence-electron chi connectivity index (χ2n) is 4.92. The number of anilines is 1. The van der Waals surface area contributed by atoms with E-state index in [1.54, 1.807) is 6.20 Å². The minimum atomic E-state index is 0.0447. The lowest BCUT2D eigenvalue weighted by Crippen LogP contribution is -2.31. The second-order valence-corrected chi connectivity index (χ2v) is 4.92. The third kappa shape index (κ3) is 3.60. The van der Waals surface area contributed by atoms with Gasteiger partial charge < -0.3 is 10.2 Å². The van der Waals surface area contributed by atoms with E-state index in [2.05, 4.69) is 10.3 Å². The van der Waals surface area contributed by atoms with Gasteiger partial charge in [-0.1, -0.05) is 6.07 Å². The summed E-state index contributed by atoms with van der Waals surface area (Å²) in [6.07, 6.45) is 1.75. The van der Waals surface area contributed by atoms with E-state index < -0.39 is 0 Å². The van der Waals surface area contributed by atoms with Gasteiger partial charge in [0.15, 0.2) is 0 Å². The molecule has 4 heteroatoms. The van der Waals surface area contributed by atoms with Crippen LogP contribution in [-0.4, -0.2) is 29.4 Å². The molecule has 21 heavy (non-hydrogen) atoms. The molecule has 110 valence electrons. The molecule has 0 atom stereocenters. The minimum absolute atomic E-state index is 0.0447. The highest BCUT2D eigenvalue weighted by molar-refractivity contribution is 5.96. The fourth-order valence-corrected chi connectivity index (χ4v) is 2.24. The maximum Gasteiger partial charge on any atom is 0.254 e. The molecule has 0 spiro atoms. The summed E-state index contributed by atoms with van der Waals surface area (Å²) in [4.78, 5) is 18.8. The molecule has 2 aromatic rings. The van der Waals surface area contributed by atoms with Crippen LogP contribution in [0, 0.1) is 6.92 Å². The van der Waals surface area contributed by atoms with Gasteiger partial charge in [-0.15, -0.1) is 0 Å². The Labute approximate surface area is 125 Å². The summed E-state index contributed by atoms with van der Waals surface area (Å²) < 4.78 is 0. The largest absolute Gasteiger partial charge is 0.388 e. The predicted molar refractivity (Wildman–Crippen MR) is 85.4 cm³/mol. The number of hydrogen-bond acceptors (Lipinski definition) is 3. The molecule has 1 amide bonds. The van der Waals surface area contributed by atoms with E-state index in [1.807, 2.05) is 62.2 Å². The van der Waals surface area contributed by atoms with Gasteiger partial charge in [0.25, 0.3) is 5.91 Å². The molecule has 0 unspecified atom stereocenters. The van der Waals surface area contributed by atoms with Crippen LogP contribution >= 0.6 is 0 Å². The number of aromatic nitrogens is 1. The van der Waals surface area contributed by atoms with Gasteiger partial charge in [-0.05, 0) is 49.7 Å². The Bertz CT molecular complexity index is 611. The van der Waals surface area contributed by atoms with E-state index in [4.69, 9.17) is 0 Å². The summed E-state index contributed by atoms with van der Waals surface area (Å²) in [5.74, 6) is 0.0447. The van der Waals surface area contributed by atoms with Crippen molar-refractivity contribution in [2.24, 2.45) is 0 Å². The summed E-state index contributed by atoms with van der Waals surface area (Å²) in [5.41, 5.74) is 3.63. The Morgan fingerprint density at radius 2 is 2.10 bits per heavy atom. The minimum Gasteiger partial charge on any atom is -0.388 e. The molecule has 0 radical (unpaired) electrons. The van der Waals surface area contributed by atoms with Crippen LogP contribution in [0.2, 0.25) is 0 Å². The quantitative estimate of drug-likeness (QED) is 0.917. The van der Waals surface area contributed by atoms with Crippen LogP contribution in [0.25, 0.3) is 0 Å². The Morgan fingerprint density at radius 3 is 2.67 bits per heavy atom. The molecule has 0 fully saturated rings. The molecule has 0 saturated heterocycles. The van der Waals surface area contributed by atoms with Crippen LogP contribution in [0.1, 0.15) is 28.5 Å². The van der Waals surface area contributed by atoms with Gasteiger partial charge in [0.1, 0.15) is 0 Å². The lowest BCUT2D eigenvalue weighted by Gasteiger charge is -2.21. The third-order valence-electron chi connectivity index (χ3n) is 3.49. The van der Waals surface area contributed by atoms with Crippen molar-refractivity contribution in [2.45, 2.75) is 20.4 Å². The van der Waals surface area contributed by atoms with Gasteiger partial charge in [0.05, 0.1) is 12.2 Å². The Morgan fingerprint density at radius 1 is 1.29 bits per heavy atom. The van der Waals surface area contributed by atoms with E-state index in [9.17, 15) is 4.79 Å². The van der Waals surface area contributed by atoms with Crippen molar-refractivity contribution in [3.63, 3.8) is 0 Å². The summed E-state index contributed by atoms with van der Waals surface area (Å²) in [6, 6.07) is 11.5. The molecule has 0 bridgehead atoms. The van der Waals surface area contributed by atoms with E-state index in [1.165, 1.54) is 0 Å². The number of aryl methyl sites for hydroxylation is 1. The first-order valence-electron chi connectivity index (χ1n) is 7.13. The van der Waals surface area contributed by atoms with Gasteiger partial charge in [-0.25, -0.2) is 0 Å². The molecular weight excluding hydrogens is 262 g/mol. The van der Waals surface area contributed by atoms with Crippen molar-refractivity contribution in [1.29, 1.82) is 0 Å². The molecule has 0 aliphatic carbocycles.